The fourth-order valence-electron chi connectivity index (χ4n) is 1.90. The Morgan fingerprint density at radius 3 is 2.81 bits per heavy atom. The van der Waals surface area contributed by atoms with Crippen LogP contribution in [0.1, 0.15) is 23.2 Å². The Labute approximate surface area is 93.5 Å². The Morgan fingerprint density at radius 1 is 1.50 bits per heavy atom. The molecule has 0 aliphatic heterocycles. The molecule has 0 amide bonds. The largest absolute Gasteiger partial charge is 0.395 e. The second-order valence-corrected chi connectivity index (χ2v) is 3.94. The number of hydrogen-bond acceptors (Lipinski definition) is 3. The van der Waals surface area contributed by atoms with Crippen molar-refractivity contribution in [2.45, 2.75) is 18.9 Å². The number of carbonyl (C=O) groups is 1. The third-order valence-corrected chi connectivity index (χ3v) is 2.76. The molecule has 0 atom stereocenters. The zero-order chi connectivity index (χ0) is 11.5. The van der Waals surface area contributed by atoms with Gasteiger partial charge in [0.15, 0.2) is 6.29 Å². The third-order valence-electron chi connectivity index (χ3n) is 2.76. The molecule has 1 fully saturated rings. The SMILES string of the molecule is O=Cc1cccc(F)c1N(CCO)C1CC1. The number of hydrogen-bond donors (Lipinski definition) is 1. The van der Waals surface area contributed by atoms with Crippen LogP contribution in [-0.4, -0.2) is 30.6 Å². The van der Waals surface area contributed by atoms with E-state index in [1.54, 1.807) is 11.0 Å². The highest BCUT2D eigenvalue weighted by Gasteiger charge is 2.31. The van der Waals surface area contributed by atoms with Gasteiger partial charge in [0, 0.05) is 18.2 Å². The maximum atomic E-state index is 13.7. The van der Waals surface area contributed by atoms with E-state index in [9.17, 15) is 9.18 Å². The van der Waals surface area contributed by atoms with Crippen LogP contribution >= 0.6 is 0 Å². The van der Waals surface area contributed by atoms with Crippen LogP contribution in [0.15, 0.2) is 18.2 Å². The average Bonchev–Trinajstić information content (AvgIpc) is 3.10. The number of aldehydes is 1. The molecule has 1 saturated carbocycles. The number of anilines is 1. The van der Waals surface area contributed by atoms with Crippen molar-refractivity contribution in [3.8, 4) is 0 Å². The molecule has 0 heterocycles. The van der Waals surface area contributed by atoms with Gasteiger partial charge >= 0.3 is 0 Å². The molecule has 86 valence electrons. The molecular formula is C12H14FNO2. The van der Waals surface area contributed by atoms with Crippen molar-refractivity contribution in [2.75, 3.05) is 18.1 Å². The fourth-order valence-corrected chi connectivity index (χ4v) is 1.90. The van der Waals surface area contributed by atoms with Gasteiger partial charge in [0.1, 0.15) is 5.82 Å². The van der Waals surface area contributed by atoms with Crippen molar-refractivity contribution in [1.29, 1.82) is 0 Å². The number of halogens is 1. The number of aliphatic hydroxyl groups is 1. The summed E-state index contributed by atoms with van der Waals surface area (Å²) in [5.41, 5.74) is 0.675. The second kappa shape index (κ2) is 4.61. The molecule has 0 saturated heterocycles. The number of rotatable bonds is 5. The predicted octanol–water partition coefficient (Wildman–Crippen LogP) is 1.60. The van der Waals surface area contributed by atoms with E-state index in [1.807, 2.05) is 0 Å². The maximum Gasteiger partial charge on any atom is 0.152 e. The smallest absolute Gasteiger partial charge is 0.152 e. The topological polar surface area (TPSA) is 40.5 Å². The molecule has 1 aromatic rings. The van der Waals surface area contributed by atoms with Gasteiger partial charge in [0.2, 0.25) is 0 Å². The first-order valence-electron chi connectivity index (χ1n) is 5.39. The van der Waals surface area contributed by atoms with E-state index >= 15 is 0 Å². The molecule has 1 N–H and O–H groups in total. The summed E-state index contributed by atoms with van der Waals surface area (Å²) >= 11 is 0. The van der Waals surface area contributed by atoms with Gasteiger partial charge in [-0.15, -0.1) is 0 Å². The van der Waals surface area contributed by atoms with Gasteiger partial charge in [-0.25, -0.2) is 4.39 Å². The molecule has 1 aliphatic carbocycles. The molecule has 3 nitrogen and oxygen atoms in total. The van der Waals surface area contributed by atoms with Gasteiger partial charge in [0.25, 0.3) is 0 Å². The van der Waals surface area contributed by atoms with Crippen molar-refractivity contribution in [2.24, 2.45) is 0 Å². The van der Waals surface area contributed by atoms with Crippen molar-refractivity contribution < 1.29 is 14.3 Å². The number of carbonyl (C=O) groups excluding carboxylic acids is 1. The molecule has 4 heteroatoms. The minimum absolute atomic E-state index is 0.0386. The van der Waals surface area contributed by atoms with Crippen LogP contribution in [0.2, 0.25) is 0 Å². The van der Waals surface area contributed by atoms with E-state index in [1.165, 1.54) is 12.1 Å². The summed E-state index contributed by atoms with van der Waals surface area (Å²) in [6.07, 6.45) is 2.64. The number of aliphatic hydroxyl groups excluding tert-OH is 1. The first-order valence-corrected chi connectivity index (χ1v) is 5.39. The average molecular weight is 223 g/mol. The number of para-hydroxylation sites is 1. The minimum Gasteiger partial charge on any atom is -0.395 e. The van der Waals surface area contributed by atoms with Crippen LogP contribution in [0.3, 0.4) is 0 Å². The summed E-state index contributed by atoms with van der Waals surface area (Å²) < 4.78 is 13.7. The van der Waals surface area contributed by atoms with Gasteiger partial charge in [-0.3, -0.25) is 4.79 Å². The van der Waals surface area contributed by atoms with E-state index in [2.05, 4.69) is 0 Å². The predicted molar refractivity (Wildman–Crippen MR) is 59.2 cm³/mol. The fraction of sp³-hybridized carbons (Fsp3) is 0.417. The van der Waals surface area contributed by atoms with Crippen LogP contribution in [-0.2, 0) is 0 Å². The first-order chi connectivity index (χ1) is 7.77. The lowest BCUT2D eigenvalue weighted by molar-refractivity contribution is 0.112. The summed E-state index contributed by atoms with van der Waals surface area (Å²) in [4.78, 5) is 12.7. The molecule has 0 aromatic heterocycles. The standard InChI is InChI=1S/C12H14FNO2/c13-11-3-1-2-9(8-16)12(11)14(6-7-15)10-4-5-10/h1-3,8,10,15H,4-7H2. The van der Waals surface area contributed by atoms with Crippen molar-refractivity contribution >= 4 is 12.0 Å². The van der Waals surface area contributed by atoms with Gasteiger partial charge in [-0.05, 0) is 25.0 Å². The highest BCUT2D eigenvalue weighted by Crippen LogP contribution is 2.34. The van der Waals surface area contributed by atoms with E-state index in [0.29, 0.717) is 24.1 Å². The minimum atomic E-state index is -0.398. The highest BCUT2D eigenvalue weighted by molar-refractivity contribution is 5.85. The Kier molecular flexibility index (Phi) is 3.19. The summed E-state index contributed by atoms with van der Waals surface area (Å²) in [5, 5.41) is 8.98. The summed E-state index contributed by atoms with van der Waals surface area (Å²) in [7, 11) is 0. The monoisotopic (exact) mass is 223 g/mol. The first kappa shape index (κ1) is 11.1. The van der Waals surface area contributed by atoms with Crippen molar-refractivity contribution in [3.63, 3.8) is 0 Å². The molecule has 0 radical (unpaired) electrons. The van der Waals surface area contributed by atoms with E-state index in [4.69, 9.17) is 5.11 Å². The van der Waals surface area contributed by atoms with Crippen molar-refractivity contribution in [3.05, 3.63) is 29.6 Å². The Hall–Kier alpha value is -1.42. The quantitative estimate of drug-likeness (QED) is 0.771. The molecule has 0 bridgehead atoms. The zero-order valence-electron chi connectivity index (χ0n) is 8.90. The second-order valence-electron chi connectivity index (χ2n) is 3.94. The van der Waals surface area contributed by atoms with E-state index < -0.39 is 5.82 Å². The Bertz CT molecular complexity index is 391. The van der Waals surface area contributed by atoms with Gasteiger partial charge < -0.3 is 10.0 Å². The molecule has 2 rings (SSSR count). The Balaban J connectivity index is 2.38. The summed E-state index contributed by atoms with van der Waals surface area (Å²) in [5.74, 6) is -0.398. The van der Waals surface area contributed by atoms with Crippen LogP contribution in [0.5, 0.6) is 0 Å². The highest BCUT2D eigenvalue weighted by atomic mass is 19.1. The van der Waals surface area contributed by atoms with E-state index in [-0.39, 0.29) is 12.6 Å². The van der Waals surface area contributed by atoms with Crippen LogP contribution in [0.25, 0.3) is 0 Å². The van der Waals surface area contributed by atoms with Gasteiger partial charge in [-0.1, -0.05) is 6.07 Å². The molecule has 0 spiro atoms. The van der Waals surface area contributed by atoms with Gasteiger partial charge in [-0.2, -0.15) is 0 Å². The Morgan fingerprint density at radius 2 is 2.25 bits per heavy atom. The molecule has 1 aromatic carbocycles. The third kappa shape index (κ3) is 2.07. The zero-order valence-corrected chi connectivity index (χ0v) is 8.90. The van der Waals surface area contributed by atoms with Crippen LogP contribution in [0, 0.1) is 5.82 Å². The van der Waals surface area contributed by atoms with Crippen LogP contribution < -0.4 is 4.90 Å². The van der Waals surface area contributed by atoms with Crippen molar-refractivity contribution in [1.82, 2.24) is 0 Å². The van der Waals surface area contributed by atoms with Gasteiger partial charge in [0.05, 0.1) is 12.3 Å². The van der Waals surface area contributed by atoms with Crippen LogP contribution in [0.4, 0.5) is 10.1 Å². The molecule has 16 heavy (non-hydrogen) atoms. The lowest BCUT2D eigenvalue weighted by Gasteiger charge is -2.25. The maximum absolute atomic E-state index is 13.7. The van der Waals surface area contributed by atoms with E-state index in [0.717, 1.165) is 12.8 Å². The molecule has 0 unspecified atom stereocenters. The normalized spacial score (nSPS) is 14.9. The number of benzene rings is 1. The lowest BCUT2D eigenvalue weighted by Crippen LogP contribution is -2.30. The number of nitrogens with zero attached hydrogens (tertiary/aromatic N) is 1. The summed E-state index contributed by atoms with van der Waals surface area (Å²) in [6, 6.07) is 4.72. The molecular weight excluding hydrogens is 209 g/mol. The molecule has 1 aliphatic rings. The summed E-state index contributed by atoms with van der Waals surface area (Å²) in [6.45, 7) is 0.329. The lowest BCUT2D eigenvalue weighted by atomic mass is 10.1.